The first-order chi connectivity index (χ1) is 25.3. The second kappa shape index (κ2) is 12.3. The highest BCUT2D eigenvalue weighted by molar-refractivity contribution is 7.25. The minimum absolute atomic E-state index is 0.246. The van der Waals surface area contributed by atoms with Gasteiger partial charge in [-0.1, -0.05) is 127 Å². The average Bonchev–Trinajstić information content (AvgIpc) is 3.74. The van der Waals surface area contributed by atoms with Crippen molar-refractivity contribution < 1.29 is 0 Å². The fraction of sp³-hybridized carbons (Fsp3) is 0.0417. The summed E-state index contributed by atoms with van der Waals surface area (Å²) >= 11 is 1.86. The number of anilines is 2. The largest absolute Gasteiger partial charge is 0.311 e. The van der Waals surface area contributed by atoms with Crippen LogP contribution in [-0.2, 0) is 0 Å². The molecular weight excluding hydrogens is 637 g/mol. The molecule has 0 radical (unpaired) electrons. The second-order valence-corrected chi connectivity index (χ2v) is 14.4. The van der Waals surface area contributed by atoms with Gasteiger partial charge in [0.15, 0.2) is 0 Å². The zero-order valence-corrected chi connectivity index (χ0v) is 28.8. The highest BCUT2D eigenvalue weighted by Crippen LogP contribution is 2.42. The van der Waals surface area contributed by atoms with Crippen molar-refractivity contribution in [2.75, 3.05) is 4.90 Å². The van der Waals surface area contributed by atoms with Gasteiger partial charge in [-0.05, 0) is 83.8 Å². The van der Waals surface area contributed by atoms with Crippen LogP contribution in [0, 0.1) is 0 Å². The molecule has 2 nitrogen and oxygen atoms in total. The van der Waals surface area contributed by atoms with Gasteiger partial charge in [0.1, 0.15) is 0 Å². The van der Waals surface area contributed by atoms with Crippen LogP contribution in [0.25, 0.3) is 58.8 Å². The molecule has 51 heavy (non-hydrogen) atoms. The van der Waals surface area contributed by atoms with E-state index in [4.69, 9.17) is 0 Å². The van der Waals surface area contributed by atoms with Crippen molar-refractivity contribution in [1.29, 1.82) is 0 Å². The molecule has 3 heteroatoms. The first-order valence-electron chi connectivity index (χ1n) is 17.6. The molecule has 0 amide bonds. The van der Waals surface area contributed by atoms with Gasteiger partial charge in [0.2, 0.25) is 0 Å². The van der Waals surface area contributed by atoms with E-state index in [9.17, 15) is 0 Å². The average molecular weight is 671 g/mol. The zero-order valence-electron chi connectivity index (χ0n) is 28.0. The minimum Gasteiger partial charge on any atom is -0.311 e. The summed E-state index contributed by atoms with van der Waals surface area (Å²) in [6.07, 6.45) is 8.07. The molecule has 0 saturated carbocycles. The van der Waals surface area contributed by atoms with E-state index in [0.29, 0.717) is 0 Å². The summed E-state index contributed by atoms with van der Waals surface area (Å²) in [6.45, 7) is 0. The van der Waals surface area contributed by atoms with Crippen LogP contribution in [-0.4, -0.2) is 4.57 Å². The van der Waals surface area contributed by atoms with Crippen LogP contribution in [0.4, 0.5) is 11.4 Å². The van der Waals surface area contributed by atoms with E-state index in [1.54, 1.807) is 0 Å². The third-order valence-corrected chi connectivity index (χ3v) is 11.5. The zero-order chi connectivity index (χ0) is 33.7. The predicted molar refractivity (Wildman–Crippen MR) is 219 cm³/mol. The van der Waals surface area contributed by atoms with Gasteiger partial charge in [0.05, 0.1) is 11.0 Å². The summed E-state index contributed by atoms with van der Waals surface area (Å²) in [6, 6.07) is 61.8. The quantitative estimate of drug-likeness (QED) is 0.171. The molecular formula is C48H34N2S. The van der Waals surface area contributed by atoms with E-state index < -0.39 is 0 Å². The summed E-state index contributed by atoms with van der Waals surface area (Å²) in [7, 11) is 0. The van der Waals surface area contributed by atoms with Gasteiger partial charge in [-0.2, -0.15) is 0 Å². The number of allylic oxidation sites excluding steroid dienone is 3. The molecule has 1 aliphatic carbocycles. The van der Waals surface area contributed by atoms with Gasteiger partial charge in [0.25, 0.3) is 0 Å². The van der Waals surface area contributed by atoms with E-state index in [2.05, 4.69) is 198 Å². The van der Waals surface area contributed by atoms with Crippen molar-refractivity contribution >= 4 is 64.7 Å². The molecule has 0 N–H and O–H groups in total. The first kappa shape index (κ1) is 29.7. The molecule has 0 spiro atoms. The van der Waals surface area contributed by atoms with Gasteiger partial charge >= 0.3 is 0 Å². The summed E-state index contributed by atoms with van der Waals surface area (Å²) < 4.78 is 5.09. The number of rotatable bonds is 6. The number of benzene rings is 7. The van der Waals surface area contributed by atoms with Gasteiger partial charge in [-0.15, -0.1) is 11.3 Å². The summed E-state index contributed by atoms with van der Waals surface area (Å²) in [5.41, 5.74) is 11.0. The molecule has 2 aromatic heterocycles. The Morgan fingerprint density at radius 1 is 0.510 bits per heavy atom. The van der Waals surface area contributed by atoms with Crippen LogP contribution in [0.3, 0.4) is 0 Å². The fourth-order valence-corrected chi connectivity index (χ4v) is 9.01. The second-order valence-electron chi connectivity index (χ2n) is 13.3. The lowest BCUT2D eigenvalue weighted by Gasteiger charge is -2.30. The lowest BCUT2D eigenvalue weighted by molar-refractivity contribution is 0.831. The Kier molecular flexibility index (Phi) is 7.18. The van der Waals surface area contributed by atoms with E-state index in [1.165, 1.54) is 75.7 Å². The molecule has 7 aromatic carbocycles. The molecule has 1 atom stereocenters. The van der Waals surface area contributed by atoms with Gasteiger partial charge in [-0.25, -0.2) is 0 Å². The molecule has 0 saturated heterocycles. The first-order valence-corrected chi connectivity index (χ1v) is 18.4. The van der Waals surface area contributed by atoms with Crippen molar-refractivity contribution in [2.24, 2.45) is 0 Å². The molecule has 9 aromatic rings. The number of nitrogens with zero attached hydrogens (tertiary/aromatic N) is 2. The number of hydrogen-bond acceptors (Lipinski definition) is 2. The molecule has 1 unspecified atom stereocenters. The SMILES string of the molecule is C1=CC(c2ccccc2-n2c3ccccc3c3ccccc32)CC=C1N(c1ccc(-c2ccccc2)cc1)c1ccc2sc3ccccc3c2c1. The number of hydrogen-bond donors (Lipinski definition) is 0. The third-order valence-electron chi connectivity index (χ3n) is 10.3. The maximum absolute atomic E-state index is 2.45. The summed E-state index contributed by atoms with van der Waals surface area (Å²) in [5.74, 6) is 0.246. The molecule has 0 aliphatic heterocycles. The van der Waals surface area contributed by atoms with Crippen molar-refractivity contribution in [3.8, 4) is 16.8 Å². The van der Waals surface area contributed by atoms with Crippen LogP contribution < -0.4 is 4.90 Å². The Balaban J connectivity index is 1.06. The lowest BCUT2D eigenvalue weighted by atomic mass is 9.89. The molecule has 2 heterocycles. The monoisotopic (exact) mass is 670 g/mol. The fourth-order valence-electron chi connectivity index (χ4n) is 7.93. The van der Waals surface area contributed by atoms with Crippen LogP contribution in [0.5, 0.6) is 0 Å². The maximum atomic E-state index is 2.45. The molecule has 0 bridgehead atoms. The van der Waals surface area contributed by atoms with Crippen LogP contribution in [0.2, 0.25) is 0 Å². The Morgan fingerprint density at radius 3 is 1.86 bits per heavy atom. The summed E-state index contributed by atoms with van der Waals surface area (Å²) in [4.78, 5) is 2.42. The van der Waals surface area contributed by atoms with Gasteiger partial charge in [-0.3, -0.25) is 0 Å². The smallest absolute Gasteiger partial charge is 0.0541 e. The third kappa shape index (κ3) is 5.09. The molecule has 0 fully saturated rings. The molecule has 10 rings (SSSR count). The Bertz CT molecular complexity index is 2730. The normalized spacial score (nSPS) is 14.4. The van der Waals surface area contributed by atoms with E-state index >= 15 is 0 Å². The highest BCUT2D eigenvalue weighted by atomic mass is 32.1. The molecule has 242 valence electrons. The highest BCUT2D eigenvalue weighted by Gasteiger charge is 2.22. The van der Waals surface area contributed by atoms with Gasteiger partial charge < -0.3 is 9.47 Å². The van der Waals surface area contributed by atoms with Crippen LogP contribution >= 0.6 is 11.3 Å². The minimum atomic E-state index is 0.246. The Labute approximate surface area is 301 Å². The standard InChI is InChI=1S/C48H34N2S/c1-2-12-33(13-3-1)34-22-26-36(27-23-34)49(38-30-31-48-43(32-38)42-17-7-11-21-47(42)51-48)37-28-24-35(25-29-37)39-14-4-8-18-44(39)50-45-19-9-5-15-40(45)41-16-6-10-20-46(41)50/h1-24,26-32,35H,25H2. The van der Waals surface area contributed by atoms with Crippen molar-refractivity contribution in [3.63, 3.8) is 0 Å². The van der Waals surface area contributed by atoms with Crippen molar-refractivity contribution in [2.45, 2.75) is 12.3 Å². The van der Waals surface area contributed by atoms with E-state index in [-0.39, 0.29) is 5.92 Å². The van der Waals surface area contributed by atoms with Crippen molar-refractivity contribution in [1.82, 2.24) is 4.57 Å². The van der Waals surface area contributed by atoms with Crippen molar-refractivity contribution in [3.05, 3.63) is 199 Å². The predicted octanol–water partition coefficient (Wildman–Crippen LogP) is 13.6. The van der Waals surface area contributed by atoms with Crippen LogP contribution in [0.15, 0.2) is 194 Å². The number of para-hydroxylation sites is 3. The lowest BCUT2D eigenvalue weighted by Crippen LogP contribution is -2.17. The van der Waals surface area contributed by atoms with E-state index in [1.807, 2.05) is 11.3 Å². The molecule has 1 aliphatic rings. The number of fused-ring (bicyclic) bond motifs is 6. The van der Waals surface area contributed by atoms with E-state index in [0.717, 1.165) is 12.1 Å². The van der Waals surface area contributed by atoms with Crippen LogP contribution in [0.1, 0.15) is 17.9 Å². The Hall–Kier alpha value is -6.16. The Morgan fingerprint density at radius 2 is 1.12 bits per heavy atom. The number of aromatic nitrogens is 1. The maximum Gasteiger partial charge on any atom is 0.0541 e. The summed E-state index contributed by atoms with van der Waals surface area (Å²) in [5, 5.41) is 5.19. The topological polar surface area (TPSA) is 8.17 Å². The van der Waals surface area contributed by atoms with Gasteiger partial charge in [0, 0.05) is 59.6 Å². The number of thiophene rings is 1.